The van der Waals surface area contributed by atoms with Crippen molar-refractivity contribution in [1.29, 1.82) is 0 Å². The fourth-order valence-electron chi connectivity index (χ4n) is 3.83. The molecule has 0 saturated carbocycles. The number of hydrogen-bond acceptors (Lipinski definition) is 6. The Hall–Kier alpha value is -2.39. The summed E-state index contributed by atoms with van der Waals surface area (Å²) in [4.78, 5) is 38.9. The van der Waals surface area contributed by atoms with Crippen molar-refractivity contribution < 1.29 is 14.5 Å². The third-order valence-corrected chi connectivity index (χ3v) is 5.58. The highest BCUT2D eigenvalue weighted by Gasteiger charge is 2.27. The summed E-state index contributed by atoms with van der Waals surface area (Å²) in [6, 6.07) is 4.81. The molecule has 0 aromatic heterocycles. The number of anilines is 1. The maximum atomic E-state index is 12.6. The summed E-state index contributed by atoms with van der Waals surface area (Å²) in [5.74, 6) is -0.288. The predicted molar refractivity (Wildman–Crippen MR) is 113 cm³/mol. The van der Waals surface area contributed by atoms with Crippen LogP contribution in [0.2, 0.25) is 0 Å². The van der Waals surface area contributed by atoms with E-state index in [9.17, 15) is 19.7 Å². The normalized spacial score (nSPS) is 21.9. The second kappa shape index (κ2) is 9.89. The van der Waals surface area contributed by atoms with Gasteiger partial charge in [0.05, 0.1) is 4.92 Å². The lowest BCUT2D eigenvalue weighted by molar-refractivity contribution is -0.384. The summed E-state index contributed by atoms with van der Waals surface area (Å²) < 4.78 is 0. The van der Waals surface area contributed by atoms with Gasteiger partial charge in [0, 0.05) is 56.8 Å². The van der Waals surface area contributed by atoms with Crippen molar-refractivity contribution in [3.8, 4) is 0 Å². The number of amides is 2. The quantitative estimate of drug-likeness (QED) is 0.559. The largest absolute Gasteiger partial charge is 0.362 e. The molecule has 2 atom stereocenters. The van der Waals surface area contributed by atoms with Crippen LogP contribution in [0.4, 0.5) is 11.4 Å². The molecular weight excluding hydrogens is 398 g/mol. The number of benzene rings is 1. The van der Waals surface area contributed by atoms with Crippen LogP contribution in [0.15, 0.2) is 18.2 Å². The number of hydrogen-bond donors (Lipinski definition) is 2. The van der Waals surface area contributed by atoms with E-state index in [1.54, 1.807) is 17.0 Å². The monoisotopic (exact) mass is 425 g/mol. The molecule has 0 radical (unpaired) electrons. The van der Waals surface area contributed by atoms with Crippen molar-refractivity contribution in [3.05, 3.63) is 33.9 Å². The molecule has 2 heterocycles. The molecule has 0 spiro atoms. The van der Waals surface area contributed by atoms with E-state index < -0.39 is 4.92 Å². The fourth-order valence-corrected chi connectivity index (χ4v) is 3.83. The molecular formula is C19H28ClN5O4. The van der Waals surface area contributed by atoms with Gasteiger partial charge in [0.15, 0.2) is 0 Å². The number of nitro groups is 1. The molecule has 0 aliphatic carbocycles. The molecule has 3 rings (SSSR count). The second-order valence-corrected chi connectivity index (χ2v) is 7.42. The Morgan fingerprint density at radius 2 is 1.93 bits per heavy atom. The maximum Gasteiger partial charge on any atom is 0.293 e. The van der Waals surface area contributed by atoms with Gasteiger partial charge in [-0.1, -0.05) is 0 Å². The van der Waals surface area contributed by atoms with Gasteiger partial charge in [0.25, 0.3) is 11.6 Å². The fraction of sp³-hybridized carbons (Fsp3) is 0.579. The third kappa shape index (κ3) is 5.36. The van der Waals surface area contributed by atoms with Crippen LogP contribution in [-0.2, 0) is 4.79 Å². The zero-order valence-electron chi connectivity index (χ0n) is 16.7. The SMILES string of the molecule is CC(=O)N1CCN(c2ccc(C(=O)NC3CCCNC3C)cc2[N+](=O)[O-])CC1.Cl. The number of nitro benzene ring substituents is 1. The first-order chi connectivity index (χ1) is 13.4. The molecule has 10 heteroatoms. The minimum Gasteiger partial charge on any atom is -0.362 e. The van der Waals surface area contributed by atoms with E-state index in [1.807, 2.05) is 11.8 Å². The van der Waals surface area contributed by atoms with Gasteiger partial charge >= 0.3 is 0 Å². The van der Waals surface area contributed by atoms with E-state index >= 15 is 0 Å². The van der Waals surface area contributed by atoms with Gasteiger partial charge in [-0.2, -0.15) is 0 Å². The Balaban J connectivity index is 0.00000300. The first-order valence-corrected chi connectivity index (χ1v) is 9.70. The molecule has 29 heavy (non-hydrogen) atoms. The summed E-state index contributed by atoms with van der Waals surface area (Å²) in [6.45, 7) is 6.59. The summed E-state index contributed by atoms with van der Waals surface area (Å²) in [7, 11) is 0. The lowest BCUT2D eigenvalue weighted by Crippen LogP contribution is -2.51. The Labute approximate surface area is 176 Å². The molecule has 2 fully saturated rings. The Morgan fingerprint density at radius 3 is 2.52 bits per heavy atom. The van der Waals surface area contributed by atoms with Crippen molar-refractivity contribution in [2.24, 2.45) is 0 Å². The van der Waals surface area contributed by atoms with E-state index in [1.165, 1.54) is 13.0 Å². The number of halogens is 1. The summed E-state index contributed by atoms with van der Waals surface area (Å²) in [5.41, 5.74) is 0.687. The summed E-state index contributed by atoms with van der Waals surface area (Å²) in [5, 5.41) is 17.9. The van der Waals surface area contributed by atoms with Crippen molar-refractivity contribution in [3.63, 3.8) is 0 Å². The molecule has 1 aromatic carbocycles. The molecule has 2 N–H and O–H groups in total. The Morgan fingerprint density at radius 1 is 1.24 bits per heavy atom. The van der Waals surface area contributed by atoms with Crippen molar-refractivity contribution >= 4 is 35.6 Å². The predicted octanol–water partition coefficient (Wildman–Crippen LogP) is 1.56. The molecule has 2 aliphatic rings. The van der Waals surface area contributed by atoms with Crippen LogP contribution in [0.25, 0.3) is 0 Å². The molecule has 2 unspecified atom stereocenters. The minimum atomic E-state index is -0.450. The van der Waals surface area contributed by atoms with Crippen LogP contribution in [0.5, 0.6) is 0 Å². The summed E-state index contributed by atoms with van der Waals surface area (Å²) >= 11 is 0. The average Bonchev–Trinajstić information content (AvgIpc) is 2.69. The second-order valence-electron chi connectivity index (χ2n) is 7.42. The molecule has 1 aromatic rings. The Kier molecular flexibility index (Phi) is 7.80. The standard InChI is InChI=1S/C19H27N5O4.ClH/c1-13-16(4-3-7-20-13)21-19(26)15-5-6-17(18(12-15)24(27)28)23-10-8-22(9-11-23)14(2)25;/h5-6,12-13,16,20H,3-4,7-11H2,1-2H3,(H,21,26);1H. The van der Waals surface area contributed by atoms with Gasteiger partial charge in [0.2, 0.25) is 5.91 Å². The van der Waals surface area contributed by atoms with Crippen LogP contribution in [0.3, 0.4) is 0 Å². The highest BCUT2D eigenvalue weighted by Crippen LogP contribution is 2.30. The van der Waals surface area contributed by atoms with E-state index in [-0.39, 0.29) is 47.6 Å². The lowest BCUT2D eigenvalue weighted by Gasteiger charge is -2.35. The number of rotatable bonds is 4. The van der Waals surface area contributed by atoms with Gasteiger partial charge in [-0.25, -0.2) is 0 Å². The van der Waals surface area contributed by atoms with Gasteiger partial charge < -0.3 is 20.4 Å². The highest BCUT2D eigenvalue weighted by molar-refractivity contribution is 5.96. The van der Waals surface area contributed by atoms with E-state index in [0.29, 0.717) is 31.9 Å². The van der Waals surface area contributed by atoms with Gasteiger partial charge in [-0.15, -0.1) is 12.4 Å². The van der Waals surface area contributed by atoms with E-state index in [0.717, 1.165) is 19.4 Å². The van der Waals surface area contributed by atoms with Gasteiger partial charge in [-0.3, -0.25) is 19.7 Å². The average molecular weight is 426 g/mol. The molecule has 2 aliphatic heterocycles. The number of carbonyl (C=O) groups is 2. The first-order valence-electron chi connectivity index (χ1n) is 9.70. The van der Waals surface area contributed by atoms with Crippen LogP contribution in [0, 0.1) is 10.1 Å². The molecule has 2 amide bonds. The number of nitrogens with one attached hydrogen (secondary N) is 2. The van der Waals surface area contributed by atoms with Gasteiger partial charge in [0.1, 0.15) is 5.69 Å². The number of carbonyl (C=O) groups excluding carboxylic acids is 2. The number of nitrogens with zero attached hydrogens (tertiary/aromatic N) is 3. The van der Waals surface area contributed by atoms with Gasteiger partial charge in [-0.05, 0) is 38.4 Å². The van der Waals surface area contributed by atoms with E-state index in [2.05, 4.69) is 10.6 Å². The third-order valence-electron chi connectivity index (χ3n) is 5.58. The number of piperidine rings is 1. The van der Waals surface area contributed by atoms with Crippen LogP contribution >= 0.6 is 12.4 Å². The molecule has 0 bridgehead atoms. The first kappa shape index (κ1) is 22.9. The van der Waals surface area contributed by atoms with Crippen LogP contribution in [-0.4, -0.2) is 66.4 Å². The zero-order valence-corrected chi connectivity index (χ0v) is 17.5. The van der Waals surface area contributed by atoms with Crippen LogP contribution in [0.1, 0.15) is 37.0 Å². The molecule has 9 nitrogen and oxygen atoms in total. The topological polar surface area (TPSA) is 108 Å². The Bertz CT molecular complexity index is 767. The van der Waals surface area contributed by atoms with Crippen molar-refractivity contribution in [1.82, 2.24) is 15.5 Å². The van der Waals surface area contributed by atoms with E-state index in [4.69, 9.17) is 0 Å². The minimum absolute atomic E-state index is 0. The summed E-state index contributed by atoms with van der Waals surface area (Å²) in [6.07, 6.45) is 1.88. The highest BCUT2D eigenvalue weighted by atomic mass is 35.5. The maximum absolute atomic E-state index is 12.6. The van der Waals surface area contributed by atoms with Crippen LogP contribution < -0.4 is 15.5 Å². The van der Waals surface area contributed by atoms with Crippen molar-refractivity contribution in [2.45, 2.75) is 38.8 Å². The number of piperazine rings is 1. The lowest BCUT2D eigenvalue weighted by atomic mass is 9.99. The zero-order chi connectivity index (χ0) is 20.3. The molecule has 160 valence electrons. The molecule has 2 saturated heterocycles. The smallest absolute Gasteiger partial charge is 0.293 e. The van der Waals surface area contributed by atoms with Crippen molar-refractivity contribution in [2.75, 3.05) is 37.6 Å².